The molecule has 0 rings (SSSR count). The van der Waals surface area contributed by atoms with E-state index in [1.165, 1.54) is 0 Å². The molecule has 2 N–H and O–H groups in total. The van der Waals surface area contributed by atoms with Crippen LogP contribution in [-0.2, 0) is 9.53 Å². The molecule has 0 bridgehead atoms. The maximum absolute atomic E-state index is 11.6. The third-order valence-corrected chi connectivity index (χ3v) is 2.49. The second-order valence-corrected chi connectivity index (χ2v) is 3.50. The Morgan fingerprint density at radius 1 is 1.43 bits per heavy atom. The maximum atomic E-state index is 11.6. The zero-order valence-corrected chi connectivity index (χ0v) is 9.64. The minimum atomic E-state index is -0.681. The fourth-order valence-electron chi connectivity index (χ4n) is 1.05. The van der Waals surface area contributed by atoms with Gasteiger partial charge in [-0.25, -0.2) is 0 Å². The summed E-state index contributed by atoms with van der Waals surface area (Å²) in [5, 5.41) is 5.88. The Hall–Kier alpha value is -0.610. The van der Waals surface area contributed by atoms with E-state index in [1.807, 2.05) is 14.0 Å². The van der Waals surface area contributed by atoms with Crippen LogP contribution >= 0.6 is 0 Å². The van der Waals surface area contributed by atoms with Crippen molar-refractivity contribution in [2.75, 3.05) is 27.2 Å². The third kappa shape index (κ3) is 4.07. The Bertz CT molecular complexity index is 168. The zero-order valence-electron chi connectivity index (χ0n) is 9.64. The Labute approximate surface area is 86.4 Å². The van der Waals surface area contributed by atoms with Gasteiger partial charge in [0.1, 0.15) is 5.60 Å². The van der Waals surface area contributed by atoms with Gasteiger partial charge in [-0.15, -0.1) is 0 Å². The summed E-state index contributed by atoms with van der Waals surface area (Å²) in [5.74, 6) is -0.0291. The fourth-order valence-corrected chi connectivity index (χ4v) is 1.05. The lowest BCUT2D eigenvalue weighted by atomic mass is 10.0. The van der Waals surface area contributed by atoms with Crippen molar-refractivity contribution in [1.29, 1.82) is 0 Å². The van der Waals surface area contributed by atoms with E-state index < -0.39 is 5.60 Å². The summed E-state index contributed by atoms with van der Waals surface area (Å²) in [6, 6.07) is 0. The van der Waals surface area contributed by atoms with Crippen molar-refractivity contribution < 1.29 is 9.53 Å². The molecule has 84 valence electrons. The molecule has 0 aromatic rings. The summed E-state index contributed by atoms with van der Waals surface area (Å²) in [6.45, 7) is 5.35. The minimum absolute atomic E-state index is 0.0291. The lowest BCUT2D eigenvalue weighted by Gasteiger charge is -2.25. The SMILES string of the molecule is CCC(C)(OC)C(=O)NCCCNC. The van der Waals surface area contributed by atoms with E-state index in [0.29, 0.717) is 13.0 Å². The average molecular weight is 202 g/mol. The van der Waals surface area contributed by atoms with Gasteiger partial charge in [0.2, 0.25) is 0 Å². The normalized spacial score (nSPS) is 14.9. The molecule has 1 atom stereocenters. The highest BCUT2D eigenvalue weighted by Gasteiger charge is 2.30. The molecule has 0 saturated heterocycles. The number of carbonyl (C=O) groups is 1. The number of amides is 1. The largest absolute Gasteiger partial charge is 0.369 e. The van der Waals surface area contributed by atoms with Gasteiger partial charge in [-0.2, -0.15) is 0 Å². The predicted molar refractivity (Wildman–Crippen MR) is 57.3 cm³/mol. The monoisotopic (exact) mass is 202 g/mol. The highest BCUT2D eigenvalue weighted by molar-refractivity contribution is 5.84. The zero-order chi connectivity index (χ0) is 11.0. The number of rotatable bonds is 7. The second kappa shape index (κ2) is 6.79. The first-order valence-electron chi connectivity index (χ1n) is 5.08. The molecule has 0 spiro atoms. The van der Waals surface area contributed by atoms with Crippen LogP contribution in [-0.4, -0.2) is 38.8 Å². The minimum Gasteiger partial charge on any atom is -0.369 e. The quantitative estimate of drug-likeness (QED) is 0.592. The molecule has 0 aromatic carbocycles. The fraction of sp³-hybridized carbons (Fsp3) is 0.900. The van der Waals surface area contributed by atoms with Crippen LogP contribution in [0, 0.1) is 0 Å². The Morgan fingerprint density at radius 2 is 2.07 bits per heavy atom. The molecule has 4 nitrogen and oxygen atoms in total. The molecule has 4 heteroatoms. The lowest BCUT2D eigenvalue weighted by Crippen LogP contribution is -2.46. The molecular weight excluding hydrogens is 180 g/mol. The highest BCUT2D eigenvalue weighted by atomic mass is 16.5. The molecule has 0 radical (unpaired) electrons. The van der Waals surface area contributed by atoms with E-state index in [-0.39, 0.29) is 5.91 Å². The first-order chi connectivity index (χ1) is 6.60. The van der Waals surface area contributed by atoms with Gasteiger partial charge in [0, 0.05) is 13.7 Å². The van der Waals surface area contributed by atoms with Crippen LogP contribution in [0.5, 0.6) is 0 Å². The first-order valence-corrected chi connectivity index (χ1v) is 5.08. The van der Waals surface area contributed by atoms with E-state index >= 15 is 0 Å². The van der Waals surface area contributed by atoms with Gasteiger partial charge in [-0.1, -0.05) is 6.92 Å². The molecule has 0 aliphatic carbocycles. The van der Waals surface area contributed by atoms with Gasteiger partial charge in [0.05, 0.1) is 0 Å². The molecule has 0 heterocycles. The molecule has 0 aromatic heterocycles. The van der Waals surface area contributed by atoms with Crippen molar-refractivity contribution in [3.63, 3.8) is 0 Å². The standard InChI is InChI=1S/C10H22N2O2/c1-5-10(2,14-4)9(13)12-8-6-7-11-3/h11H,5-8H2,1-4H3,(H,12,13). The molecule has 1 amide bonds. The number of methoxy groups -OCH3 is 1. The molecule has 1 unspecified atom stereocenters. The van der Waals surface area contributed by atoms with Crippen molar-refractivity contribution in [2.45, 2.75) is 32.3 Å². The molecule has 0 aliphatic heterocycles. The van der Waals surface area contributed by atoms with Gasteiger partial charge < -0.3 is 15.4 Å². The van der Waals surface area contributed by atoms with Crippen LogP contribution < -0.4 is 10.6 Å². The summed E-state index contributed by atoms with van der Waals surface area (Å²) >= 11 is 0. The molecule has 14 heavy (non-hydrogen) atoms. The van der Waals surface area contributed by atoms with Crippen LogP contribution in [0.1, 0.15) is 26.7 Å². The van der Waals surface area contributed by atoms with Crippen molar-refractivity contribution in [2.24, 2.45) is 0 Å². The summed E-state index contributed by atoms with van der Waals surface area (Å²) in [5.41, 5.74) is -0.681. The smallest absolute Gasteiger partial charge is 0.251 e. The Morgan fingerprint density at radius 3 is 2.50 bits per heavy atom. The Balaban J connectivity index is 3.82. The lowest BCUT2D eigenvalue weighted by molar-refractivity contribution is -0.141. The van der Waals surface area contributed by atoms with Crippen molar-refractivity contribution >= 4 is 5.91 Å². The van der Waals surface area contributed by atoms with E-state index in [9.17, 15) is 4.79 Å². The van der Waals surface area contributed by atoms with Gasteiger partial charge in [0.25, 0.3) is 5.91 Å². The molecule has 0 aliphatic rings. The number of hydrogen-bond donors (Lipinski definition) is 2. The van der Waals surface area contributed by atoms with Gasteiger partial charge in [-0.05, 0) is 33.4 Å². The van der Waals surface area contributed by atoms with E-state index in [2.05, 4.69) is 10.6 Å². The summed E-state index contributed by atoms with van der Waals surface area (Å²) in [6.07, 6.45) is 1.62. The molecular formula is C10H22N2O2. The predicted octanol–water partition coefficient (Wildman–Crippen LogP) is 0.527. The van der Waals surface area contributed by atoms with Gasteiger partial charge in [0.15, 0.2) is 0 Å². The number of carbonyl (C=O) groups excluding carboxylic acids is 1. The molecule has 0 saturated carbocycles. The van der Waals surface area contributed by atoms with Crippen LogP contribution in [0.3, 0.4) is 0 Å². The number of ether oxygens (including phenoxy) is 1. The molecule has 0 fully saturated rings. The summed E-state index contributed by atoms with van der Waals surface area (Å²) in [4.78, 5) is 11.6. The highest BCUT2D eigenvalue weighted by Crippen LogP contribution is 2.13. The van der Waals surface area contributed by atoms with E-state index in [4.69, 9.17) is 4.74 Å². The summed E-state index contributed by atoms with van der Waals surface area (Å²) < 4.78 is 5.18. The number of hydrogen-bond acceptors (Lipinski definition) is 3. The van der Waals surface area contributed by atoms with Gasteiger partial charge >= 0.3 is 0 Å². The maximum Gasteiger partial charge on any atom is 0.251 e. The van der Waals surface area contributed by atoms with Crippen LogP contribution in [0.25, 0.3) is 0 Å². The average Bonchev–Trinajstić information content (AvgIpc) is 2.22. The van der Waals surface area contributed by atoms with Crippen LogP contribution in [0.2, 0.25) is 0 Å². The van der Waals surface area contributed by atoms with E-state index in [0.717, 1.165) is 13.0 Å². The topological polar surface area (TPSA) is 50.4 Å². The Kier molecular flexibility index (Phi) is 6.49. The van der Waals surface area contributed by atoms with Crippen molar-refractivity contribution in [3.8, 4) is 0 Å². The number of nitrogens with one attached hydrogen (secondary N) is 2. The van der Waals surface area contributed by atoms with Crippen LogP contribution in [0.4, 0.5) is 0 Å². The first kappa shape index (κ1) is 13.4. The van der Waals surface area contributed by atoms with E-state index in [1.54, 1.807) is 14.0 Å². The van der Waals surface area contributed by atoms with Crippen molar-refractivity contribution in [1.82, 2.24) is 10.6 Å². The third-order valence-electron chi connectivity index (χ3n) is 2.49. The summed E-state index contributed by atoms with van der Waals surface area (Å²) in [7, 11) is 3.46. The van der Waals surface area contributed by atoms with Gasteiger partial charge in [-0.3, -0.25) is 4.79 Å². The second-order valence-electron chi connectivity index (χ2n) is 3.50. The van der Waals surface area contributed by atoms with Crippen LogP contribution in [0.15, 0.2) is 0 Å². The van der Waals surface area contributed by atoms with Crippen molar-refractivity contribution in [3.05, 3.63) is 0 Å².